The van der Waals surface area contributed by atoms with Crippen LogP contribution in [0.25, 0.3) is 22.6 Å². The molecule has 3 rings (SSSR count). The Labute approximate surface area is 196 Å². The number of anilines is 1. The molecule has 34 heavy (non-hydrogen) atoms. The van der Waals surface area contributed by atoms with Crippen LogP contribution < -0.4 is 10.2 Å². The van der Waals surface area contributed by atoms with Gasteiger partial charge >= 0.3 is 12.0 Å². The second-order valence-corrected chi connectivity index (χ2v) is 9.13. The number of carbonyl (C=O) groups excluding carboxylic acids is 1. The summed E-state index contributed by atoms with van der Waals surface area (Å²) in [4.78, 5) is 33.2. The molecule has 0 spiro atoms. The molecular formula is C22H25N4O7S-. The maximum absolute atomic E-state index is 12.8. The number of fused-ring (bicyclic) bond motifs is 1. The van der Waals surface area contributed by atoms with Gasteiger partial charge in [-0.3, -0.25) is 14.7 Å². The van der Waals surface area contributed by atoms with Crippen molar-refractivity contribution in [1.29, 1.82) is 0 Å². The molecule has 0 aliphatic carbocycles. The van der Waals surface area contributed by atoms with Crippen LogP contribution in [-0.4, -0.2) is 58.9 Å². The normalized spacial score (nSPS) is 11.4. The summed E-state index contributed by atoms with van der Waals surface area (Å²) in [6.45, 7) is 0.328. The highest BCUT2D eigenvalue weighted by Gasteiger charge is 2.18. The van der Waals surface area contributed by atoms with Gasteiger partial charge in [0.15, 0.2) is 5.58 Å². The standard InChI is InChI=1S/C22H26N4O7S/c27-20(28)5-2-1-3-10-24-22(29)26(13-4-14-34(30,31)32)17-6-7-18-19(15-17)33-21(25-18)16-8-11-23-12-9-16/h6-9,11-12,15H,1-5,10,13-14H2,(H,24,29)(H,27,28)(H,30,31,32)/p-1. The zero-order valence-corrected chi connectivity index (χ0v) is 19.2. The Morgan fingerprint density at radius 2 is 1.85 bits per heavy atom. The van der Waals surface area contributed by atoms with Crippen LogP contribution in [0.2, 0.25) is 0 Å². The summed E-state index contributed by atoms with van der Waals surface area (Å²) in [6, 6.07) is 8.03. The van der Waals surface area contributed by atoms with Crippen LogP contribution in [0.5, 0.6) is 0 Å². The van der Waals surface area contributed by atoms with Crippen molar-refractivity contribution in [2.75, 3.05) is 23.7 Å². The average molecular weight is 490 g/mol. The van der Waals surface area contributed by atoms with Crippen LogP contribution in [0.1, 0.15) is 32.1 Å². The fourth-order valence-electron chi connectivity index (χ4n) is 3.32. The van der Waals surface area contributed by atoms with Gasteiger partial charge in [0, 0.05) is 55.0 Å². The largest absolute Gasteiger partial charge is 0.748 e. The first-order chi connectivity index (χ1) is 16.2. The number of rotatable bonds is 12. The van der Waals surface area contributed by atoms with Crippen molar-refractivity contribution >= 4 is 38.9 Å². The zero-order valence-electron chi connectivity index (χ0n) is 18.3. The van der Waals surface area contributed by atoms with Crippen molar-refractivity contribution < 1.29 is 32.1 Å². The predicted molar refractivity (Wildman–Crippen MR) is 123 cm³/mol. The van der Waals surface area contributed by atoms with Crippen LogP contribution in [0.3, 0.4) is 0 Å². The quantitative estimate of drug-likeness (QED) is 0.287. The third-order valence-electron chi connectivity index (χ3n) is 4.98. The molecule has 0 unspecified atom stereocenters. The van der Waals surface area contributed by atoms with Gasteiger partial charge in [0.05, 0.1) is 10.1 Å². The average Bonchev–Trinajstić information content (AvgIpc) is 3.22. The fourth-order valence-corrected chi connectivity index (χ4v) is 3.80. The number of carboxylic acid groups (broad SMARTS) is 1. The number of urea groups is 1. The van der Waals surface area contributed by atoms with E-state index in [0.717, 1.165) is 5.56 Å². The van der Waals surface area contributed by atoms with Crippen molar-refractivity contribution in [3.05, 3.63) is 42.7 Å². The van der Waals surface area contributed by atoms with Crippen LogP contribution in [0.15, 0.2) is 47.1 Å². The van der Waals surface area contributed by atoms with Crippen LogP contribution in [-0.2, 0) is 14.9 Å². The second-order valence-electron chi connectivity index (χ2n) is 7.61. The number of nitrogens with zero attached hydrogens (tertiary/aromatic N) is 3. The molecule has 11 nitrogen and oxygen atoms in total. The SMILES string of the molecule is O=C(O)CCCCCNC(=O)N(CCCS(=O)(=O)[O-])c1ccc2nc(-c3ccncc3)oc2c1. The van der Waals surface area contributed by atoms with E-state index < -0.39 is 27.9 Å². The molecule has 2 amide bonds. The van der Waals surface area contributed by atoms with Gasteiger partial charge in [0.1, 0.15) is 5.52 Å². The van der Waals surface area contributed by atoms with Gasteiger partial charge in [-0.1, -0.05) is 6.42 Å². The Hall–Kier alpha value is -3.51. The second kappa shape index (κ2) is 11.6. The van der Waals surface area contributed by atoms with E-state index in [1.807, 2.05) is 0 Å². The predicted octanol–water partition coefficient (Wildman–Crippen LogP) is 2.99. The van der Waals surface area contributed by atoms with Gasteiger partial charge in [-0.05, 0) is 43.5 Å². The minimum Gasteiger partial charge on any atom is -0.748 e. The van der Waals surface area contributed by atoms with Crippen molar-refractivity contribution in [3.8, 4) is 11.5 Å². The first-order valence-corrected chi connectivity index (χ1v) is 12.3. The number of nitrogens with one attached hydrogen (secondary N) is 1. The minimum atomic E-state index is -4.41. The number of hydrogen-bond donors (Lipinski definition) is 2. The smallest absolute Gasteiger partial charge is 0.321 e. The van der Waals surface area contributed by atoms with Crippen molar-refractivity contribution in [1.82, 2.24) is 15.3 Å². The number of oxazole rings is 1. The molecule has 0 radical (unpaired) electrons. The Kier molecular flexibility index (Phi) is 8.55. The molecule has 3 aromatic rings. The monoisotopic (exact) mass is 489 g/mol. The van der Waals surface area contributed by atoms with Crippen LogP contribution in [0.4, 0.5) is 10.5 Å². The number of unbranched alkanes of at least 4 members (excludes halogenated alkanes) is 2. The lowest BCUT2D eigenvalue weighted by Gasteiger charge is -2.23. The number of aromatic nitrogens is 2. The topological polar surface area (TPSA) is 166 Å². The highest BCUT2D eigenvalue weighted by Crippen LogP contribution is 2.27. The molecule has 0 aliphatic heterocycles. The summed E-state index contributed by atoms with van der Waals surface area (Å²) in [5.74, 6) is -1.06. The molecular weight excluding hydrogens is 464 g/mol. The molecule has 2 heterocycles. The molecule has 12 heteroatoms. The minimum absolute atomic E-state index is 0.00315. The van der Waals surface area contributed by atoms with Crippen LogP contribution >= 0.6 is 0 Å². The molecule has 0 aliphatic rings. The van der Waals surface area contributed by atoms with Crippen molar-refractivity contribution in [2.24, 2.45) is 0 Å². The molecule has 0 bridgehead atoms. The lowest BCUT2D eigenvalue weighted by atomic mass is 10.2. The summed E-state index contributed by atoms with van der Waals surface area (Å²) in [6.07, 6.45) is 5.02. The molecule has 0 saturated carbocycles. The molecule has 2 N–H and O–H groups in total. The van der Waals surface area contributed by atoms with E-state index in [1.165, 1.54) is 4.90 Å². The van der Waals surface area contributed by atoms with Crippen molar-refractivity contribution in [3.63, 3.8) is 0 Å². The Morgan fingerprint density at radius 3 is 2.56 bits per heavy atom. The van der Waals surface area contributed by atoms with Gasteiger partial charge in [-0.25, -0.2) is 18.2 Å². The van der Waals surface area contributed by atoms with E-state index in [9.17, 15) is 22.6 Å². The number of carbonyl (C=O) groups is 2. The Balaban J connectivity index is 1.73. The van der Waals surface area contributed by atoms with E-state index in [2.05, 4.69) is 15.3 Å². The van der Waals surface area contributed by atoms with E-state index in [4.69, 9.17) is 9.52 Å². The third kappa shape index (κ3) is 7.52. The third-order valence-corrected chi connectivity index (χ3v) is 5.76. The number of aliphatic carboxylic acids is 1. The van der Waals surface area contributed by atoms with E-state index >= 15 is 0 Å². The first kappa shape index (κ1) is 25.1. The lowest BCUT2D eigenvalue weighted by molar-refractivity contribution is -0.137. The first-order valence-electron chi connectivity index (χ1n) is 10.7. The van der Waals surface area contributed by atoms with Crippen molar-refractivity contribution in [2.45, 2.75) is 32.1 Å². The van der Waals surface area contributed by atoms with Gasteiger partial charge in [0.25, 0.3) is 0 Å². The zero-order chi connectivity index (χ0) is 24.6. The van der Waals surface area contributed by atoms with Gasteiger partial charge in [-0.2, -0.15) is 0 Å². The maximum atomic E-state index is 12.8. The van der Waals surface area contributed by atoms with E-state index in [0.29, 0.717) is 48.5 Å². The number of amides is 2. The number of carboxylic acids is 1. The summed E-state index contributed by atoms with van der Waals surface area (Å²) in [5, 5.41) is 11.4. The molecule has 0 fully saturated rings. The summed E-state index contributed by atoms with van der Waals surface area (Å²) in [7, 11) is -4.41. The maximum Gasteiger partial charge on any atom is 0.321 e. The number of hydrogen-bond acceptors (Lipinski definition) is 8. The summed E-state index contributed by atoms with van der Waals surface area (Å²) < 4.78 is 38.9. The van der Waals surface area contributed by atoms with Gasteiger partial charge in [0.2, 0.25) is 5.89 Å². The number of benzene rings is 1. The lowest BCUT2D eigenvalue weighted by Crippen LogP contribution is -2.41. The highest BCUT2D eigenvalue weighted by molar-refractivity contribution is 7.85. The molecule has 0 atom stereocenters. The number of pyridine rings is 1. The van der Waals surface area contributed by atoms with Crippen LogP contribution in [0, 0.1) is 0 Å². The molecule has 182 valence electrons. The van der Waals surface area contributed by atoms with Gasteiger partial charge < -0.3 is 19.4 Å². The molecule has 2 aromatic heterocycles. The summed E-state index contributed by atoms with van der Waals surface area (Å²) in [5.41, 5.74) is 2.21. The molecule has 0 saturated heterocycles. The molecule has 1 aromatic carbocycles. The van der Waals surface area contributed by atoms with E-state index in [-0.39, 0.29) is 19.4 Å². The van der Waals surface area contributed by atoms with E-state index in [1.54, 1.807) is 42.7 Å². The Bertz CT molecular complexity index is 1230. The van der Waals surface area contributed by atoms with Gasteiger partial charge in [-0.15, -0.1) is 0 Å². The highest BCUT2D eigenvalue weighted by atomic mass is 32.2. The summed E-state index contributed by atoms with van der Waals surface area (Å²) >= 11 is 0. The fraction of sp³-hybridized carbons (Fsp3) is 0.364. The Morgan fingerprint density at radius 1 is 1.09 bits per heavy atom.